The van der Waals surface area contributed by atoms with E-state index in [0.29, 0.717) is 27.8 Å². The number of nitrogens with zero attached hydrogens (tertiary/aromatic N) is 4. The first kappa shape index (κ1) is 12.1. The van der Waals surface area contributed by atoms with Crippen molar-refractivity contribution in [2.75, 3.05) is 0 Å². The molecule has 0 amide bonds. The van der Waals surface area contributed by atoms with Gasteiger partial charge in [-0.1, -0.05) is 6.07 Å². The van der Waals surface area contributed by atoms with Crippen LogP contribution < -0.4 is 0 Å². The van der Waals surface area contributed by atoms with Gasteiger partial charge in [0, 0.05) is 0 Å². The van der Waals surface area contributed by atoms with Gasteiger partial charge in [0.15, 0.2) is 0 Å². The van der Waals surface area contributed by atoms with E-state index < -0.39 is 0 Å². The fourth-order valence-corrected chi connectivity index (χ4v) is 1.92. The highest BCUT2D eigenvalue weighted by Crippen LogP contribution is 2.23. The molecule has 98 valence electrons. The number of aliphatic hydroxyl groups excluding tert-OH is 1. The number of fused-ring (bicyclic) bond motifs is 1. The van der Waals surface area contributed by atoms with Crippen molar-refractivity contribution in [3.8, 4) is 17.5 Å². The van der Waals surface area contributed by atoms with Crippen molar-refractivity contribution in [1.82, 2.24) is 15.0 Å². The van der Waals surface area contributed by atoms with Gasteiger partial charge in [0.2, 0.25) is 0 Å². The van der Waals surface area contributed by atoms with E-state index in [1.165, 1.54) is 10.9 Å². The Morgan fingerprint density at radius 1 is 1.10 bits per heavy atom. The minimum absolute atomic E-state index is 0.0167. The standard InChI is InChI=1S/C14H10N4O2/c15-7-9-1-3-11-12(5-9)17-18(16-11)13-6-10(8-19)2-4-14(13)20/h1-6,19-20H,8H2. The second-order valence-corrected chi connectivity index (χ2v) is 4.29. The van der Waals surface area contributed by atoms with E-state index >= 15 is 0 Å². The third kappa shape index (κ3) is 1.96. The van der Waals surface area contributed by atoms with E-state index in [0.717, 1.165) is 0 Å². The molecule has 20 heavy (non-hydrogen) atoms. The Labute approximate surface area is 114 Å². The van der Waals surface area contributed by atoms with Crippen LogP contribution in [0.25, 0.3) is 16.7 Å². The maximum Gasteiger partial charge on any atom is 0.143 e. The van der Waals surface area contributed by atoms with E-state index in [1.54, 1.807) is 30.3 Å². The molecular formula is C14H10N4O2. The fraction of sp³-hybridized carbons (Fsp3) is 0.0714. The summed E-state index contributed by atoms with van der Waals surface area (Å²) >= 11 is 0. The summed E-state index contributed by atoms with van der Waals surface area (Å²) in [5.41, 5.74) is 2.72. The van der Waals surface area contributed by atoms with Crippen molar-refractivity contribution in [3.05, 3.63) is 47.5 Å². The van der Waals surface area contributed by atoms with Gasteiger partial charge in [-0.25, -0.2) is 0 Å². The molecular weight excluding hydrogens is 256 g/mol. The zero-order valence-electron chi connectivity index (χ0n) is 10.4. The molecule has 0 aliphatic carbocycles. The van der Waals surface area contributed by atoms with E-state index in [1.807, 2.05) is 6.07 Å². The van der Waals surface area contributed by atoms with Crippen LogP contribution in [0.3, 0.4) is 0 Å². The summed E-state index contributed by atoms with van der Waals surface area (Å²) in [6.45, 7) is -0.132. The maximum atomic E-state index is 9.88. The summed E-state index contributed by atoms with van der Waals surface area (Å²) in [5, 5.41) is 36.4. The second-order valence-electron chi connectivity index (χ2n) is 4.29. The normalized spacial score (nSPS) is 10.6. The number of phenols is 1. The van der Waals surface area contributed by atoms with Crippen LogP contribution in [0.5, 0.6) is 5.75 Å². The van der Waals surface area contributed by atoms with Gasteiger partial charge in [-0.3, -0.25) is 0 Å². The summed E-state index contributed by atoms with van der Waals surface area (Å²) in [6.07, 6.45) is 0. The minimum atomic E-state index is -0.132. The SMILES string of the molecule is N#Cc1ccc2nn(-c3cc(CO)ccc3O)nc2c1. The topological polar surface area (TPSA) is 95.0 Å². The number of aromatic nitrogens is 3. The highest BCUT2D eigenvalue weighted by atomic mass is 16.3. The quantitative estimate of drug-likeness (QED) is 0.732. The summed E-state index contributed by atoms with van der Waals surface area (Å²) < 4.78 is 0. The Bertz CT molecular complexity index is 833. The Hall–Kier alpha value is -2.91. The third-order valence-electron chi connectivity index (χ3n) is 2.95. The van der Waals surface area contributed by atoms with Gasteiger partial charge in [0.1, 0.15) is 22.5 Å². The molecule has 0 atom stereocenters. The fourth-order valence-electron chi connectivity index (χ4n) is 1.92. The minimum Gasteiger partial charge on any atom is -0.506 e. The lowest BCUT2D eigenvalue weighted by Gasteiger charge is -2.04. The largest absolute Gasteiger partial charge is 0.506 e. The number of aliphatic hydroxyl groups is 1. The number of benzene rings is 2. The molecule has 1 aromatic heterocycles. The lowest BCUT2D eigenvalue weighted by molar-refractivity contribution is 0.281. The van der Waals surface area contributed by atoms with Crippen LogP contribution in [0.4, 0.5) is 0 Å². The number of rotatable bonds is 2. The molecule has 0 radical (unpaired) electrons. The number of aromatic hydroxyl groups is 1. The van der Waals surface area contributed by atoms with Crippen LogP contribution >= 0.6 is 0 Å². The van der Waals surface area contributed by atoms with Crippen molar-refractivity contribution >= 4 is 11.0 Å². The number of hydrogen-bond acceptors (Lipinski definition) is 5. The van der Waals surface area contributed by atoms with E-state index in [2.05, 4.69) is 10.2 Å². The van der Waals surface area contributed by atoms with Crippen molar-refractivity contribution in [2.45, 2.75) is 6.61 Å². The molecule has 6 heteroatoms. The van der Waals surface area contributed by atoms with E-state index in [9.17, 15) is 5.11 Å². The Kier molecular flexibility index (Phi) is 2.82. The lowest BCUT2D eigenvalue weighted by Crippen LogP contribution is -2.00. The molecule has 3 aromatic rings. The highest BCUT2D eigenvalue weighted by molar-refractivity contribution is 5.75. The molecule has 6 nitrogen and oxygen atoms in total. The van der Waals surface area contributed by atoms with Crippen molar-refractivity contribution < 1.29 is 10.2 Å². The first-order chi connectivity index (χ1) is 9.71. The smallest absolute Gasteiger partial charge is 0.143 e. The molecule has 0 spiro atoms. The molecule has 0 saturated heterocycles. The van der Waals surface area contributed by atoms with Crippen LogP contribution in [-0.2, 0) is 6.61 Å². The molecule has 0 aliphatic heterocycles. The predicted octanol–water partition coefficient (Wildman–Crippen LogP) is 1.49. The zero-order valence-corrected chi connectivity index (χ0v) is 10.4. The Morgan fingerprint density at radius 3 is 2.65 bits per heavy atom. The van der Waals surface area contributed by atoms with Crippen LogP contribution in [-0.4, -0.2) is 25.2 Å². The molecule has 1 heterocycles. The predicted molar refractivity (Wildman–Crippen MR) is 71.2 cm³/mol. The average molecular weight is 266 g/mol. The number of phenolic OH excluding ortho intramolecular Hbond substituents is 1. The van der Waals surface area contributed by atoms with Crippen LogP contribution in [0.1, 0.15) is 11.1 Å². The van der Waals surface area contributed by atoms with Gasteiger partial charge in [-0.05, 0) is 35.9 Å². The van der Waals surface area contributed by atoms with Gasteiger partial charge in [-0.15, -0.1) is 15.0 Å². The summed E-state index contributed by atoms with van der Waals surface area (Å²) in [6, 6.07) is 11.7. The first-order valence-corrected chi connectivity index (χ1v) is 5.91. The molecule has 2 N–H and O–H groups in total. The number of nitriles is 1. The van der Waals surface area contributed by atoms with Gasteiger partial charge < -0.3 is 10.2 Å². The second kappa shape index (κ2) is 4.64. The molecule has 3 rings (SSSR count). The first-order valence-electron chi connectivity index (χ1n) is 5.91. The van der Waals surface area contributed by atoms with Gasteiger partial charge in [0.05, 0.1) is 18.2 Å². The number of hydrogen-bond donors (Lipinski definition) is 2. The van der Waals surface area contributed by atoms with Crippen molar-refractivity contribution in [2.24, 2.45) is 0 Å². The van der Waals surface area contributed by atoms with Crippen LogP contribution in [0, 0.1) is 11.3 Å². The average Bonchev–Trinajstić information content (AvgIpc) is 2.90. The highest BCUT2D eigenvalue weighted by Gasteiger charge is 2.10. The monoisotopic (exact) mass is 266 g/mol. The molecule has 2 aromatic carbocycles. The van der Waals surface area contributed by atoms with E-state index in [-0.39, 0.29) is 12.4 Å². The Balaban J connectivity index is 2.17. The summed E-state index contributed by atoms with van der Waals surface area (Å²) in [4.78, 5) is 1.29. The van der Waals surface area contributed by atoms with Gasteiger partial charge in [0.25, 0.3) is 0 Å². The summed E-state index contributed by atoms with van der Waals surface area (Å²) in [7, 11) is 0. The molecule has 0 aliphatic rings. The van der Waals surface area contributed by atoms with Crippen molar-refractivity contribution in [1.29, 1.82) is 5.26 Å². The van der Waals surface area contributed by atoms with Crippen molar-refractivity contribution in [3.63, 3.8) is 0 Å². The van der Waals surface area contributed by atoms with E-state index in [4.69, 9.17) is 10.4 Å². The summed E-state index contributed by atoms with van der Waals surface area (Å²) in [5.74, 6) is 0.0167. The maximum absolute atomic E-state index is 9.88. The zero-order chi connectivity index (χ0) is 14.1. The Morgan fingerprint density at radius 2 is 1.90 bits per heavy atom. The van der Waals surface area contributed by atoms with Gasteiger partial charge >= 0.3 is 0 Å². The molecule has 0 fully saturated rings. The molecule has 0 saturated carbocycles. The van der Waals surface area contributed by atoms with Gasteiger partial charge in [-0.2, -0.15) is 5.26 Å². The lowest BCUT2D eigenvalue weighted by atomic mass is 10.2. The molecule has 0 unspecified atom stereocenters. The molecule has 0 bridgehead atoms. The third-order valence-corrected chi connectivity index (χ3v) is 2.95. The van der Waals surface area contributed by atoms with Crippen LogP contribution in [0.2, 0.25) is 0 Å². The van der Waals surface area contributed by atoms with Crippen LogP contribution in [0.15, 0.2) is 36.4 Å².